The fourth-order valence-electron chi connectivity index (χ4n) is 3.36. The van der Waals surface area contributed by atoms with Crippen molar-refractivity contribution >= 4 is 34.9 Å². The van der Waals surface area contributed by atoms with Crippen LogP contribution in [0.1, 0.15) is 11.1 Å². The third-order valence-corrected chi connectivity index (χ3v) is 5.98. The highest BCUT2D eigenvalue weighted by molar-refractivity contribution is 8.18. The Kier molecular flexibility index (Phi) is 8.67. The van der Waals surface area contributed by atoms with Crippen molar-refractivity contribution in [3.63, 3.8) is 0 Å². The average molecular weight is 488 g/mol. The molecule has 1 heterocycles. The number of likely N-dealkylation sites (N-methyl/N-ethyl adjacent to an activating group) is 1. The molecular formula is C24H26FN3O5S. The summed E-state index contributed by atoms with van der Waals surface area (Å²) in [5.41, 5.74) is 1.14. The summed E-state index contributed by atoms with van der Waals surface area (Å²) >= 11 is 0.752. The Morgan fingerprint density at radius 2 is 1.94 bits per heavy atom. The maximum atomic E-state index is 13.8. The molecule has 0 aromatic heterocycles. The Balaban J connectivity index is 1.49. The number of thioether (sulfide) groups is 1. The Morgan fingerprint density at radius 3 is 2.65 bits per heavy atom. The maximum Gasteiger partial charge on any atom is 0.293 e. The van der Waals surface area contributed by atoms with Crippen LogP contribution < -0.4 is 14.8 Å². The van der Waals surface area contributed by atoms with Crippen molar-refractivity contribution in [1.82, 2.24) is 15.1 Å². The highest BCUT2D eigenvalue weighted by Crippen LogP contribution is 2.32. The third kappa shape index (κ3) is 6.36. The standard InChI is InChI=1S/C24H26FN3O5S/c1-27(14-17-8-9-18(32-2)13-20(17)33-3)15-22(29)26-10-11-28-23(30)21(34-24(28)31)12-16-6-4-5-7-19(16)25/h4-9,12-13H,10-11,14-15H2,1-3H3,(H,26,29). The summed E-state index contributed by atoms with van der Waals surface area (Å²) in [6, 6.07) is 11.5. The quantitative estimate of drug-likeness (QED) is 0.515. The summed E-state index contributed by atoms with van der Waals surface area (Å²) in [5.74, 6) is 0.115. The maximum absolute atomic E-state index is 13.8. The first-order valence-corrected chi connectivity index (χ1v) is 11.3. The van der Waals surface area contributed by atoms with Gasteiger partial charge in [0.1, 0.15) is 17.3 Å². The van der Waals surface area contributed by atoms with Crippen LogP contribution in [0.5, 0.6) is 11.5 Å². The molecular weight excluding hydrogens is 461 g/mol. The van der Waals surface area contributed by atoms with Crippen molar-refractivity contribution in [2.24, 2.45) is 0 Å². The Morgan fingerprint density at radius 1 is 1.18 bits per heavy atom. The molecule has 0 aliphatic carbocycles. The number of rotatable bonds is 10. The number of nitrogens with zero attached hydrogens (tertiary/aromatic N) is 2. The number of ether oxygens (including phenoxy) is 2. The average Bonchev–Trinajstić information content (AvgIpc) is 3.08. The summed E-state index contributed by atoms with van der Waals surface area (Å²) in [7, 11) is 4.95. The van der Waals surface area contributed by atoms with E-state index >= 15 is 0 Å². The lowest BCUT2D eigenvalue weighted by molar-refractivity contribution is -0.124. The van der Waals surface area contributed by atoms with Gasteiger partial charge in [-0.25, -0.2) is 4.39 Å². The molecule has 0 bridgehead atoms. The first-order chi connectivity index (χ1) is 16.3. The number of amides is 3. The van der Waals surface area contributed by atoms with Crippen LogP contribution in [-0.4, -0.2) is 67.8 Å². The summed E-state index contributed by atoms with van der Waals surface area (Å²) in [5, 5.41) is 2.27. The van der Waals surface area contributed by atoms with Crippen LogP contribution in [0.25, 0.3) is 6.08 Å². The molecule has 34 heavy (non-hydrogen) atoms. The van der Waals surface area contributed by atoms with E-state index in [0.29, 0.717) is 18.0 Å². The zero-order chi connectivity index (χ0) is 24.7. The largest absolute Gasteiger partial charge is 0.497 e. The lowest BCUT2D eigenvalue weighted by atomic mass is 10.2. The van der Waals surface area contributed by atoms with Crippen LogP contribution >= 0.6 is 11.8 Å². The molecule has 0 radical (unpaired) electrons. The molecule has 2 aromatic rings. The molecule has 1 aliphatic heterocycles. The molecule has 0 spiro atoms. The number of carbonyl (C=O) groups is 3. The first kappa shape index (κ1) is 25.3. The second-order valence-electron chi connectivity index (χ2n) is 7.55. The van der Waals surface area contributed by atoms with Crippen molar-refractivity contribution in [3.05, 3.63) is 64.3 Å². The molecule has 1 fully saturated rings. The van der Waals surface area contributed by atoms with Crippen LogP contribution in [0, 0.1) is 5.82 Å². The van der Waals surface area contributed by atoms with E-state index in [1.807, 2.05) is 17.0 Å². The predicted octanol–water partition coefficient (Wildman–Crippen LogP) is 3.13. The van der Waals surface area contributed by atoms with Gasteiger partial charge in [0.15, 0.2) is 0 Å². The van der Waals surface area contributed by atoms with Crippen LogP contribution in [0.4, 0.5) is 9.18 Å². The van der Waals surface area contributed by atoms with Crippen LogP contribution in [0.2, 0.25) is 0 Å². The van der Waals surface area contributed by atoms with Crippen molar-refractivity contribution < 1.29 is 28.2 Å². The Hall–Kier alpha value is -3.37. The molecule has 1 N–H and O–H groups in total. The van der Waals surface area contributed by atoms with E-state index in [4.69, 9.17) is 9.47 Å². The van der Waals surface area contributed by atoms with E-state index in [0.717, 1.165) is 22.2 Å². The monoisotopic (exact) mass is 487 g/mol. The second-order valence-corrected chi connectivity index (χ2v) is 8.55. The van der Waals surface area contributed by atoms with E-state index in [2.05, 4.69) is 5.32 Å². The fraction of sp³-hybridized carbons (Fsp3) is 0.292. The number of hydrogen-bond acceptors (Lipinski definition) is 7. The van der Waals surface area contributed by atoms with Crippen LogP contribution in [0.3, 0.4) is 0 Å². The molecule has 10 heteroatoms. The predicted molar refractivity (Wildman–Crippen MR) is 128 cm³/mol. The zero-order valence-corrected chi connectivity index (χ0v) is 20.0. The molecule has 2 aromatic carbocycles. The lowest BCUT2D eigenvalue weighted by Crippen LogP contribution is -2.40. The van der Waals surface area contributed by atoms with Gasteiger partial charge in [0.05, 0.1) is 25.7 Å². The minimum atomic E-state index is -0.503. The Bertz CT molecular complexity index is 1110. The number of methoxy groups -OCH3 is 2. The topological polar surface area (TPSA) is 88.2 Å². The highest BCUT2D eigenvalue weighted by Gasteiger charge is 2.34. The van der Waals surface area contributed by atoms with Crippen LogP contribution in [0.15, 0.2) is 47.4 Å². The number of hydrogen-bond donors (Lipinski definition) is 1. The molecule has 0 saturated carbocycles. The van der Waals surface area contributed by atoms with Gasteiger partial charge in [0.2, 0.25) is 5.91 Å². The van der Waals surface area contributed by atoms with Gasteiger partial charge in [-0.1, -0.05) is 24.3 Å². The summed E-state index contributed by atoms with van der Waals surface area (Å²) < 4.78 is 24.4. The first-order valence-electron chi connectivity index (χ1n) is 10.5. The number of benzene rings is 2. The SMILES string of the molecule is COc1ccc(CN(C)CC(=O)NCCN2C(=O)SC(=Cc3ccccc3F)C2=O)c(OC)c1. The van der Waals surface area contributed by atoms with Gasteiger partial charge < -0.3 is 14.8 Å². The van der Waals surface area contributed by atoms with Gasteiger partial charge in [0.25, 0.3) is 11.1 Å². The van der Waals surface area contributed by atoms with Gasteiger partial charge in [0, 0.05) is 36.8 Å². The molecule has 0 unspecified atom stereocenters. The van der Waals surface area contributed by atoms with E-state index in [1.54, 1.807) is 39.5 Å². The zero-order valence-electron chi connectivity index (χ0n) is 19.2. The van der Waals surface area contributed by atoms with Gasteiger partial charge >= 0.3 is 0 Å². The van der Waals surface area contributed by atoms with Crippen LogP contribution in [-0.2, 0) is 16.1 Å². The number of carbonyl (C=O) groups excluding carboxylic acids is 3. The van der Waals surface area contributed by atoms with Crippen molar-refractivity contribution in [1.29, 1.82) is 0 Å². The van der Waals surface area contributed by atoms with E-state index < -0.39 is 17.0 Å². The molecule has 0 atom stereocenters. The van der Waals surface area contributed by atoms with Gasteiger partial charge in [-0.3, -0.25) is 24.2 Å². The normalized spacial score (nSPS) is 14.7. The molecule has 3 amide bonds. The smallest absolute Gasteiger partial charge is 0.293 e. The highest BCUT2D eigenvalue weighted by atomic mass is 32.2. The van der Waals surface area contributed by atoms with E-state index in [9.17, 15) is 18.8 Å². The second kappa shape index (κ2) is 11.7. The summed E-state index contributed by atoms with van der Waals surface area (Å²) in [4.78, 5) is 40.1. The van der Waals surface area contributed by atoms with E-state index in [-0.39, 0.29) is 36.0 Å². The molecule has 1 aliphatic rings. The van der Waals surface area contributed by atoms with Gasteiger partial charge in [-0.15, -0.1) is 0 Å². The van der Waals surface area contributed by atoms with Crippen molar-refractivity contribution in [2.75, 3.05) is 40.9 Å². The Labute approximate surface area is 201 Å². The third-order valence-electron chi connectivity index (χ3n) is 5.07. The van der Waals surface area contributed by atoms with Gasteiger partial charge in [-0.05, 0) is 37.0 Å². The lowest BCUT2D eigenvalue weighted by Gasteiger charge is -2.19. The fourth-order valence-corrected chi connectivity index (χ4v) is 4.22. The summed E-state index contributed by atoms with van der Waals surface area (Å²) in [6.45, 7) is 0.735. The molecule has 1 saturated heterocycles. The minimum absolute atomic E-state index is 0.0288. The number of halogens is 1. The molecule has 3 rings (SSSR count). The van der Waals surface area contributed by atoms with Crippen molar-refractivity contribution in [3.8, 4) is 11.5 Å². The molecule has 180 valence electrons. The summed E-state index contributed by atoms with van der Waals surface area (Å²) in [6.07, 6.45) is 1.36. The van der Waals surface area contributed by atoms with Crippen molar-refractivity contribution in [2.45, 2.75) is 6.54 Å². The number of nitrogens with one attached hydrogen (secondary N) is 1. The van der Waals surface area contributed by atoms with E-state index in [1.165, 1.54) is 18.2 Å². The van der Waals surface area contributed by atoms with Gasteiger partial charge in [-0.2, -0.15) is 0 Å². The minimum Gasteiger partial charge on any atom is -0.497 e. The molecule has 8 nitrogen and oxygen atoms in total. The number of imide groups is 1.